The van der Waals surface area contributed by atoms with Crippen LogP contribution in [0.1, 0.15) is 12.2 Å². The summed E-state index contributed by atoms with van der Waals surface area (Å²) in [6.45, 7) is 2.09. The van der Waals surface area contributed by atoms with Crippen LogP contribution in [0.15, 0.2) is 24.3 Å². The molecule has 18 heavy (non-hydrogen) atoms. The molecular weight excluding hydrogens is 246 g/mol. The zero-order valence-corrected chi connectivity index (χ0v) is 11.8. The predicted molar refractivity (Wildman–Crippen MR) is 77.3 cm³/mol. The van der Waals surface area contributed by atoms with Gasteiger partial charge in [0.2, 0.25) is 0 Å². The first-order chi connectivity index (χ1) is 8.72. The van der Waals surface area contributed by atoms with E-state index in [-0.39, 0.29) is 0 Å². The molecule has 0 aliphatic carbocycles. The molecule has 1 aromatic carbocycles. The van der Waals surface area contributed by atoms with E-state index in [9.17, 15) is 0 Å². The van der Waals surface area contributed by atoms with Crippen molar-refractivity contribution in [1.82, 2.24) is 14.5 Å². The molecule has 0 N–H and O–H groups in total. The molecule has 0 bridgehead atoms. The van der Waals surface area contributed by atoms with Gasteiger partial charge < -0.3 is 9.47 Å². The summed E-state index contributed by atoms with van der Waals surface area (Å²) >= 11 is 5.86. The Morgan fingerprint density at radius 1 is 1.28 bits per heavy atom. The lowest BCUT2D eigenvalue weighted by atomic mass is 10.3. The average molecular weight is 266 g/mol. The number of imidazole rings is 1. The number of para-hydroxylation sites is 2. The van der Waals surface area contributed by atoms with Gasteiger partial charge in [0.25, 0.3) is 0 Å². The number of hydrogen-bond acceptors (Lipinski definition) is 2. The van der Waals surface area contributed by atoms with Crippen molar-refractivity contribution < 1.29 is 0 Å². The van der Waals surface area contributed by atoms with Gasteiger partial charge in [0, 0.05) is 18.8 Å². The van der Waals surface area contributed by atoms with Gasteiger partial charge in [0.15, 0.2) is 0 Å². The van der Waals surface area contributed by atoms with Gasteiger partial charge >= 0.3 is 0 Å². The molecule has 0 saturated carbocycles. The molecule has 0 aliphatic rings. The maximum absolute atomic E-state index is 5.86. The molecule has 0 fully saturated rings. The van der Waals surface area contributed by atoms with Gasteiger partial charge in [-0.2, -0.15) is 0 Å². The minimum atomic E-state index is 0.622. The summed E-state index contributed by atoms with van der Waals surface area (Å²) in [5, 5.41) is 0. The smallest absolute Gasteiger partial charge is 0.111 e. The van der Waals surface area contributed by atoms with E-state index in [1.54, 1.807) is 0 Å². The lowest BCUT2D eigenvalue weighted by molar-refractivity contribution is 0.386. The van der Waals surface area contributed by atoms with Crippen LogP contribution < -0.4 is 0 Å². The van der Waals surface area contributed by atoms with Crippen molar-refractivity contribution in [2.75, 3.05) is 26.5 Å². The molecule has 0 radical (unpaired) electrons. The number of nitrogens with zero attached hydrogens (tertiary/aromatic N) is 3. The van der Waals surface area contributed by atoms with Crippen molar-refractivity contribution in [2.24, 2.45) is 0 Å². The Morgan fingerprint density at radius 3 is 2.78 bits per heavy atom. The molecule has 0 saturated heterocycles. The van der Waals surface area contributed by atoms with Crippen molar-refractivity contribution in [3.8, 4) is 0 Å². The van der Waals surface area contributed by atoms with E-state index in [1.165, 1.54) is 5.52 Å². The van der Waals surface area contributed by atoms with E-state index in [4.69, 9.17) is 11.6 Å². The molecule has 4 heteroatoms. The van der Waals surface area contributed by atoms with Crippen LogP contribution in [0.5, 0.6) is 0 Å². The van der Waals surface area contributed by atoms with E-state index in [2.05, 4.69) is 46.7 Å². The van der Waals surface area contributed by atoms with Crippen molar-refractivity contribution in [1.29, 1.82) is 0 Å². The van der Waals surface area contributed by atoms with Crippen LogP contribution in [-0.2, 0) is 13.0 Å². The first-order valence-electron chi connectivity index (χ1n) is 6.37. The van der Waals surface area contributed by atoms with E-state index in [0.29, 0.717) is 5.88 Å². The quantitative estimate of drug-likeness (QED) is 0.749. The maximum atomic E-state index is 5.86. The molecule has 1 heterocycles. The molecule has 2 rings (SSSR count). The molecule has 0 spiro atoms. The van der Waals surface area contributed by atoms with E-state index < -0.39 is 0 Å². The summed E-state index contributed by atoms with van der Waals surface area (Å²) in [7, 11) is 4.21. The van der Waals surface area contributed by atoms with Crippen molar-refractivity contribution in [2.45, 2.75) is 19.4 Å². The number of alkyl halides is 1. The number of benzene rings is 1. The molecule has 1 aromatic heterocycles. The van der Waals surface area contributed by atoms with Crippen LogP contribution >= 0.6 is 11.6 Å². The fourth-order valence-corrected chi connectivity index (χ4v) is 2.36. The Bertz CT molecular complexity index is 505. The molecular formula is C14H20ClN3. The standard InChI is InChI=1S/C14H20ClN3/c1-17(2)10-5-11-18-13-7-4-3-6-12(13)16-14(18)8-9-15/h3-4,6-7H,5,8-11H2,1-2H3. The Kier molecular flexibility index (Phi) is 4.61. The molecule has 3 nitrogen and oxygen atoms in total. The Morgan fingerprint density at radius 2 is 2.06 bits per heavy atom. The highest BCUT2D eigenvalue weighted by Crippen LogP contribution is 2.17. The summed E-state index contributed by atoms with van der Waals surface area (Å²) < 4.78 is 2.31. The largest absolute Gasteiger partial charge is 0.328 e. The molecule has 0 aliphatic heterocycles. The third-order valence-corrected chi connectivity index (χ3v) is 3.23. The SMILES string of the molecule is CN(C)CCCn1c(CCCl)nc2ccccc21. The number of rotatable bonds is 6. The maximum Gasteiger partial charge on any atom is 0.111 e. The summed E-state index contributed by atoms with van der Waals surface area (Å²) in [4.78, 5) is 6.87. The van der Waals surface area contributed by atoms with E-state index >= 15 is 0 Å². The zero-order chi connectivity index (χ0) is 13.0. The molecule has 0 atom stereocenters. The van der Waals surface area contributed by atoms with Gasteiger partial charge in [-0.3, -0.25) is 0 Å². The monoisotopic (exact) mass is 265 g/mol. The van der Waals surface area contributed by atoms with Crippen LogP contribution in [-0.4, -0.2) is 41.0 Å². The second-order valence-electron chi connectivity index (χ2n) is 4.76. The fourth-order valence-electron chi connectivity index (χ4n) is 2.20. The van der Waals surface area contributed by atoms with Gasteiger partial charge in [-0.1, -0.05) is 12.1 Å². The number of halogens is 1. The van der Waals surface area contributed by atoms with Gasteiger partial charge in [-0.05, 0) is 39.2 Å². The first-order valence-corrected chi connectivity index (χ1v) is 6.90. The minimum absolute atomic E-state index is 0.622. The summed E-state index contributed by atoms with van der Waals surface area (Å²) in [6.07, 6.45) is 1.96. The fraction of sp³-hybridized carbons (Fsp3) is 0.500. The Balaban J connectivity index is 2.24. The Labute approximate surface area is 113 Å². The highest BCUT2D eigenvalue weighted by atomic mass is 35.5. The number of aryl methyl sites for hydroxylation is 2. The summed E-state index contributed by atoms with van der Waals surface area (Å²) in [6, 6.07) is 8.30. The highest BCUT2D eigenvalue weighted by Gasteiger charge is 2.09. The summed E-state index contributed by atoms with van der Waals surface area (Å²) in [5.74, 6) is 1.72. The highest BCUT2D eigenvalue weighted by molar-refractivity contribution is 6.17. The van der Waals surface area contributed by atoms with E-state index in [0.717, 1.165) is 37.3 Å². The lowest BCUT2D eigenvalue weighted by Gasteiger charge is -2.12. The number of fused-ring (bicyclic) bond motifs is 1. The van der Waals surface area contributed by atoms with Crippen LogP contribution in [0.3, 0.4) is 0 Å². The van der Waals surface area contributed by atoms with Crippen LogP contribution in [0.25, 0.3) is 11.0 Å². The number of hydrogen-bond donors (Lipinski definition) is 0. The second-order valence-corrected chi connectivity index (χ2v) is 5.14. The van der Waals surface area contributed by atoms with Crippen LogP contribution in [0, 0.1) is 0 Å². The van der Waals surface area contributed by atoms with Crippen LogP contribution in [0.4, 0.5) is 0 Å². The Hall–Kier alpha value is -1.06. The second kappa shape index (κ2) is 6.21. The van der Waals surface area contributed by atoms with Crippen LogP contribution in [0.2, 0.25) is 0 Å². The number of aromatic nitrogens is 2. The van der Waals surface area contributed by atoms with Crippen molar-refractivity contribution >= 4 is 22.6 Å². The predicted octanol–water partition coefficient (Wildman–Crippen LogP) is 2.77. The van der Waals surface area contributed by atoms with Gasteiger partial charge in [0.05, 0.1) is 11.0 Å². The first kappa shape index (κ1) is 13.4. The summed E-state index contributed by atoms with van der Waals surface area (Å²) in [5.41, 5.74) is 2.29. The molecule has 98 valence electrons. The zero-order valence-electron chi connectivity index (χ0n) is 11.1. The topological polar surface area (TPSA) is 21.1 Å². The van der Waals surface area contributed by atoms with Gasteiger partial charge in [-0.25, -0.2) is 4.98 Å². The van der Waals surface area contributed by atoms with Crippen molar-refractivity contribution in [3.05, 3.63) is 30.1 Å². The third-order valence-electron chi connectivity index (χ3n) is 3.04. The molecule has 2 aromatic rings. The van der Waals surface area contributed by atoms with Crippen molar-refractivity contribution in [3.63, 3.8) is 0 Å². The van der Waals surface area contributed by atoms with E-state index in [1.807, 2.05) is 6.07 Å². The van der Waals surface area contributed by atoms with Gasteiger partial charge in [-0.15, -0.1) is 11.6 Å². The minimum Gasteiger partial charge on any atom is -0.328 e. The third kappa shape index (κ3) is 3.03. The average Bonchev–Trinajstić information content (AvgIpc) is 2.68. The van der Waals surface area contributed by atoms with Gasteiger partial charge in [0.1, 0.15) is 5.82 Å². The lowest BCUT2D eigenvalue weighted by Crippen LogP contribution is -2.16. The molecule has 0 unspecified atom stereocenters. The molecule has 0 amide bonds. The normalized spacial score (nSPS) is 11.6.